The predicted molar refractivity (Wildman–Crippen MR) is 91.0 cm³/mol. The van der Waals surface area contributed by atoms with Crippen LogP contribution in [0.5, 0.6) is 5.75 Å². The van der Waals surface area contributed by atoms with Gasteiger partial charge in [-0.2, -0.15) is 0 Å². The van der Waals surface area contributed by atoms with E-state index in [9.17, 15) is 14.0 Å². The van der Waals surface area contributed by atoms with Gasteiger partial charge in [0.25, 0.3) is 5.91 Å². The molecule has 0 aromatic heterocycles. The molecular weight excluding hydrogens is 311 g/mol. The molecule has 2 aromatic carbocycles. The first-order valence-electron chi connectivity index (χ1n) is 7.12. The van der Waals surface area contributed by atoms with E-state index in [1.54, 1.807) is 37.4 Å². The maximum Gasteiger partial charge on any atom is 0.255 e. The van der Waals surface area contributed by atoms with E-state index in [4.69, 9.17) is 4.74 Å². The number of carbonyl (C=O) groups is 2. The Bertz CT molecular complexity index is 772. The van der Waals surface area contributed by atoms with E-state index < -0.39 is 11.7 Å². The molecule has 5 nitrogen and oxygen atoms in total. The Hall–Kier alpha value is -3.15. The van der Waals surface area contributed by atoms with Gasteiger partial charge >= 0.3 is 0 Å². The number of anilines is 2. The lowest BCUT2D eigenvalue weighted by Gasteiger charge is -2.15. The molecule has 0 spiro atoms. The van der Waals surface area contributed by atoms with Crippen molar-refractivity contribution in [1.29, 1.82) is 0 Å². The lowest BCUT2D eigenvalue weighted by atomic mass is 10.1. The Morgan fingerprint density at radius 1 is 1.21 bits per heavy atom. The standard InChI is InChI=1S/C18H17FN2O3/c1-4-16(22)21(2)13-10-8-12(9-11-13)18(23)20-15-7-5-6-14(19)17(15)24-3/h4-11H,1H2,2-3H3,(H,20,23). The van der Waals surface area contributed by atoms with Gasteiger partial charge in [-0.25, -0.2) is 4.39 Å². The topological polar surface area (TPSA) is 58.6 Å². The van der Waals surface area contributed by atoms with Crippen LogP contribution in [0.15, 0.2) is 55.1 Å². The van der Waals surface area contributed by atoms with Crippen molar-refractivity contribution in [2.45, 2.75) is 0 Å². The summed E-state index contributed by atoms with van der Waals surface area (Å²) in [5.41, 5.74) is 1.23. The molecule has 2 rings (SSSR count). The number of halogens is 1. The average molecular weight is 328 g/mol. The number of hydrogen-bond acceptors (Lipinski definition) is 3. The molecule has 6 heteroatoms. The second-order valence-electron chi connectivity index (χ2n) is 4.92. The monoisotopic (exact) mass is 328 g/mol. The second kappa shape index (κ2) is 7.41. The Morgan fingerprint density at radius 3 is 2.46 bits per heavy atom. The number of methoxy groups -OCH3 is 1. The molecule has 0 atom stereocenters. The largest absolute Gasteiger partial charge is 0.492 e. The van der Waals surface area contributed by atoms with Gasteiger partial charge in [0.05, 0.1) is 12.8 Å². The number of amides is 2. The van der Waals surface area contributed by atoms with Gasteiger partial charge in [0, 0.05) is 18.3 Å². The molecule has 2 aromatic rings. The third-order valence-electron chi connectivity index (χ3n) is 3.44. The molecule has 0 saturated carbocycles. The molecule has 0 heterocycles. The number of hydrogen-bond donors (Lipinski definition) is 1. The first kappa shape index (κ1) is 17.2. The maximum absolute atomic E-state index is 13.6. The molecule has 24 heavy (non-hydrogen) atoms. The van der Waals surface area contributed by atoms with Crippen LogP contribution in [0.1, 0.15) is 10.4 Å². The Morgan fingerprint density at radius 2 is 1.88 bits per heavy atom. The third-order valence-corrected chi connectivity index (χ3v) is 3.44. The van der Waals surface area contributed by atoms with Crippen molar-refractivity contribution in [3.05, 3.63) is 66.5 Å². The fourth-order valence-electron chi connectivity index (χ4n) is 2.11. The van der Waals surface area contributed by atoms with Crippen molar-refractivity contribution in [3.63, 3.8) is 0 Å². The normalized spacial score (nSPS) is 9.96. The number of nitrogens with one attached hydrogen (secondary N) is 1. The van der Waals surface area contributed by atoms with Crippen molar-refractivity contribution < 1.29 is 18.7 Å². The van der Waals surface area contributed by atoms with E-state index in [1.165, 1.54) is 30.2 Å². The van der Waals surface area contributed by atoms with Gasteiger partial charge in [-0.1, -0.05) is 12.6 Å². The molecule has 0 aliphatic rings. The summed E-state index contributed by atoms with van der Waals surface area (Å²) < 4.78 is 18.6. The molecule has 124 valence electrons. The van der Waals surface area contributed by atoms with E-state index in [0.29, 0.717) is 11.3 Å². The fourth-order valence-corrected chi connectivity index (χ4v) is 2.11. The van der Waals surface area contributed by atoms with Crippen LogP contribution in [0.2, 0.25) is 0 Å². The first-order chi connectivity index (χ1) is 11.5. The number of para-hydroxylation sites is 1. The van der Waals surface area contributed by atoms with E-state index >= 15 is 0 Å². The van der Waals surface area contributed by atoms with Gasteiger partial charge in [-0.3, -0.25) is 9.59 Å². The molecule has 0 aliphatic heterocycles. The zero-order valence-corrected chi connectivity index (χ0v) is 13.4. The maximum atomic E-state index is 13.6. The van der Waals surface area contributed by atoms with E-state index in [0.717, 1.165) is 0 Å². The van der Waals surface area contributed by atoms with Gasteiger partial charge < -0.3 is 15.0 Å². The minimum Gasteiger partial charge on any atom is -0.492 e. The van der Waals surface area contributed by atoms with E-state index in [-0.39, 0.29) is 17.3 Å². The number of carbonyl (C=O) groups excluding carboxylic acids is 2. The van der Waals surface area contributed by atoms with Crippen molar-refractivity contribution in [1.82, 2.24) is 0 Å². The molecule has 1 N–H and O–H groups in total. The Balaban J connectivity index is 2.18. The molecule has 2 amide bonds. The summed E-state index contributed by atoms with van der Waals surface area (Å²) in [7, 11) is 2.94. The highest BCUT2D eigenvalue weighted by Gasteiger charge is 2.14. The zero-order valence-electron chi connectivity index (χ0n) is 13.4. The highest BCUT2D eigenvalue weighted by Crippen LogP contribution is 2.27. The average Bonchev–Trinajstić information content (AvgIpc) is 2.60. The third kappa shape index (κ3) is 3.60. The number of likely N-dealkylation sites (N-methyl/N-ethyl adjacent to an activating group) is 1. The van der Waals surface area contributed by atoms with Crippen LogP contribution in [0.25, 0.3) is 0 Å². The van der Waals surface area contributed by atoms with Gasteiger partial charge in [0.15, 0.2) is 11.6 Å². The Labute approximate surface area is 139 Å². The summed E-state index contributed by atoms with van der Waals surface area (Å²) in [5, 5.41) is 2.60. The molecule has 0 saturated heterocycles. The summed E-state index contributed by atoms with van der Waals surface area (Å²) in [6, 6.07) is 10.7. The molecular formula is C18H17FN2O3. The van der Waals surface area contributed by atoms with Crippen molar-refractivity contribution in [2.24, 2.45) is 0 Å². The van der Waals surface area contributed by atoms with Gasteiger partial charge in [0.2, 0.25) is 5.91 Å². The van der Waals surface area contributed by atoms with Crippen LogP contribution in [-0.4, -0.2) is 26.0 Å². The van der Waals surface area contributed by atoms with Gasteiger partial charge in [-0.15, -0.1) is 0 Å². The van der Waals surface area contributed by atoms with Crippen LogP contribution in [0.4, 0.5) is 15.8 Å². The summed E-state index contributed by atoms with van der Waals surface area (Å²) in [6.07, 6.45) is 1.21. The quantitative estimate of drug-likeness (QED) is 0.857. The number of ether oxygens (including phenoxy) is 1. The first-order valence-corrected chi connectivity index (χ1v) is 7.12. The molecule has 0 aliphatic carbocycles. The number of rotatable bonds is 5. The lowest BCUT2D eigenvalue weighted by Crippen LogP contribution is -2.23. The SMILES string of the molecule is C=CC(=O)N(C)c1ccc(C(=O)Nc2cccc(F)c2OC)cc1. The smallest absolute Gasteiger partial charge is 0.255 e. The van der Waals surface area contributed by atoms with Crippen LogP contribution in [-0.2, 0) is 4.79 Å². The second-order valence-corrected chi connectivity index (χ2v) is 4.92. The van der Waals surface area contributed by atoms with Crippen LogP contribution in [0, 0.1) is 5.82 Å². The fraction of sp³-hybridized carbons (Fsp3) is 0.111. The highest BCUT2D eigenvalue weighted by atomic mass is 19.1. The predicted octanol–water partition coefficient (Wildman–Crippen LogP) is 3.24. The van der Waals surface area contributed by atoms with Crippen molar-refractivity contribution in [3.8, 4) is 5.75 Å². The molecule has 0 fully saturated rings. The van der Waals surface area contributed by atoms with Crippen molar-refractivity contribution >= 4 is 23.2 Å². The van der Waals surface area contributed by atoms with Crippen LogP contribution < -0.4 is 15.0 Å². The summed E-state index contributed by atoms with van der Waals surface area (Å²) >= 11 is 0. The van der Waals surface area contributed by atoms with Crippen LogP contribution in [0.3, 0.4) is 0 Å². The summed E-state index contributed by atoms with van der Waals surface area (Å²) in [5.74, 6) is -1.26. The number of nitrogens with zero attached hydrogens (tertiary/aromatic N) is 1. The van der Waals surface area contributed by atoms with Gasteiger partial charge in [0.1, 0.15) is 0 Å². The molecule has 0 unspecified atom stereocenters. The van der Waals surface area contributed by atoms with E-state index in [2.05, 4.69) is 11.9 Å². The Kier molecular flexibility index (Phi) is 5.31. The van der Waals surface area contributed by atoms with Gasteiger partial charge in [-0.05, 0) is 42.5 Å². The molecule has 0 bridgehead atoms. The minimum absolute atomic E-state index is 0.0289. The van der Waals surface area contributed by atoms with Crippen molar-refractivity contribution in [2.75, 3.05) is 24.4 Å². The minimum atomic E-state index is -0.560. The number of benzene rings is 2. The van der Waals surface area contributed by atoms with E-state index in [1.807, 2.05) is 0 Å². The lowest BCUT2D eigenvalue weighted by molar-refractivity contribution is -0.113. The zero-order chi connectivity index (χ0) is 17.7. The summed E-state index contributed by atoms with van der Waals surface area (Å²) in [4.78, 5) is 25.2. The van der Waals surface area contributed by atoms with Crippen LogP contribution >= 0.6 is 0 Å². The summed E-state index contributed by atoms with van der Waals surface area (Å²) in [6.45, 7) is 3.43. The molecule has 0 radical (unpaired) electrons. The highest BCUT2D eigenvalue weighted by molar-refractivity contribution is 6.06.